The lowest BCUT2D eigenvalue weighted by Crippen LogP contribution is -2.44. The van der Waals surface area contributed by atoms with E-state index in [4.69, 9.17) is 0 Å². The van der Waals surface area contributed by atoms with Gasteiger partial charge in [0.05, 0.1) is 37.8 Å². The third-order valence-corrected chi connectivity index (χ3v) is 19.2. The van der Waals surface area contributed by atoms with Crippen LogP contribution in [-0.4, -0.2) is 104 Å². The lowest BCUT2D eigenvalue weighted by Gasteiger charge is -2.41. The van der Waals surface area contributed by atoms with Crippen LogP contribution in [0, 0.1) is 0 Å². The van der Waals surface area contributed by atoms with Crippen LogP contribution in [0.3, 0.4) is 0 Å². The Morgan fingerprint density at radius 1 is 0.445 bits per heavy atom. The number of rotatable bonds is 19. The number of hydrogen-bond acceptors (Lipinski definition) is 12. The van der Waals surface area contributed by atoms with Crippen LogP contribution in [0.2, 0.25) is 0 Å². The highest BCUT2D eigenvalue weighted by Crippen LogP contribution is 2.48. The number of aliphatic hydroxyl groups is 2. The van der Waals surface area contributed by atoms with Gasteiger partial charge in [0, 0.05) is 54.3 Å². The molecule has 13 rings (SSSR count). The first-order chi connectivity index (χ1) is 50.5. The first kappa shape index (κ1) is 92.0. The van der Waals surface area contributed by atoms with Gasteiger partial charge in [-0.25, -0.2) is 0 Å². The van der Waals surface area contributed by atoms with Crippen molar-refractivity contribution in [2.24, 2.45) is 0 Å². The largest absolute Gasteiger partial charge is 0.461 e. The van der Waals surface area contributed by atoms with Crippen molar-refractivity contribution < 1.29 is 121 Å². The summed E-state index contributed by atoms with van der Waals surface area (Å²) >= 11 is 8.83. The minimum atomic E-state index is -4.88. The molecule has 3 aromatic heterocycles. The van der Waals surface area contributed by atoms with E-state index >= 15 is 0 Å². The number of β-amino-alcohol motifs (C(OH)–C–C–N with tert-alkyl or cyclic N) is 2. The van der Waals surface area contributed by atoms with Gasteiger partial charge in [0.2, 0.25) is 0 Å². The fraction of sp³-hybridized carbons (Fsp3) is 0.360. The lowest BCUT2D eigenvalue weighted by molar-refractivity contribution is -0.253. The summed E-state index contributed by atoms with van der Waals surface area (Å²) in [5.74, 6) is -1.36. The van der Waals surface area contributed by atoms with Crippen LogP contribution in [-0.2, 0) is 24.0 Å². The van der Waals surface area contributed by atoms with Gasteiger partial charge < -0.3 is 44.3 Å². The van der Waals surface area contributed by atoms with Crippen molar-refractivity contribution in [1.29, 1.82) is 0 Å². The molecule has 4 aliphatic rings. The van der Waals surface area contributed by atoms with Crippen LogP contribution >= 0.6 is 71.2 Å². The van der Waals surface area contributed by atoms with Gasteiger partial charge in [0.25, 0.3) is 0 Å². The van der Waals surface area contributed by atoms with Gasteiger partial charge in [-0.15, -0.1) is 0 Å². The molecule has 4 aliphatic heterocycles. The molecule has 1 saturated heterocycles. The summed E-state index contributed by atoms with van der Waals surface area (Å²) in [5, 5.41) is 34.9. The molecule has 0 saturated carbocycles. The summed E-state index contributed by atoms with van der Waals surface area (Å²) in [5.41, 5.74) is 11.9. The molecule has 0 spiro atoms. The Morgan fingerprint density at radius 2 is 0.773 bits per heavy atom. The molecular formula is C75H72F21I2N3O6S3. The van der Waals surface area contributed by atoms with Crippen LogP contribution in [0.15, 0.2) is 178 Å². The summed E-state index contributed by atoms with van der Waals surface area (Å²) < 4.78 is 285. The van der Waals surface area contributed by atoms with E-state index in [9.17, 15) is 102 Å². The highest BCUT2D eigenvalue weighted by molar-refractivity contribution is 15.0. The van der Waals surface area contributed by atoms with Gasteiger partial charge >= 0.3 is 56.1 Å². The Morgan fingerprint density at radius 3 is 1.09 bits per heavy atom. The Bertz CT molecular complexity index is 4130. The van der Waals surface area contributed by atoms with Crippen LogP contribution in [0.4, 0.5) is 109 Å². The number of aliphatic hydroxyl groups excluding tert-OH is 2. The smallest absolute Gasteiger partial charge is 0.428 e. The first-order valence-corrected chi connectivity index (χ1v) is 41.0. The molecule has 110 heavy (non-hydrogen) atoms. The molecule has 6 atom stereocenters. The summed E-state index contributed by atoms with van der Waals surface area (Å²) in [7, 11) is 0. The van der Waals surface area contributed by atoms with E-state index in [1.165, 1.54) is 91.6 Å². The van der Waals surface area contributed by atoms with E-state index in [1.807, 2.05) is 63.3 Å². The number of anilines is 3. The summed E-state index contributed by atoms with van der Waals surface area (Å²) in [6.07, 6.45) is -43.5. The van der Waals surface area contributed by atoms with Crippen molar-refractivity contribution in [3.63, 3.8) is 0 Å². The molecule has 9 nitrogen and oxygen atoms in total. The van der Waals surface area contributed by atoms with E-state index in [0.717, 1.165) is 76.2 Å². The van der Waals surface area contributed by atoms with Gasteiger partial charge in [-0.2, -0.15) is 126 Å². The van der Waals surface area contributed by atoms with E-state index in [0.29, 0.717) is 53.7 Å². The third-order valence-electron chi connectivity index (χ3n) is 17.2. The fourth-order valence-corrected chi connectivity index (χ4v) is 14.2. The standard InChI is InChI=1S/2C24H20F7NO2S.C21H17F4NOS.C3H3F3O.3CH4.I2/c2*25-22(26)24(30,31)34-16-4-1-3-14(11-16)19-8-7-18-17(15-9-10-35-13-15)5-2-6-20(18)32(19)12-21(33)23(27,28)29;22-20(23)21(24,25)27-15-4-1-3-13(11-15)18-8-7-17-16(14-9-10-28-12-14)5-2-6-19(17)26-18;4-3(5,6)2-1-7-2;;;;1-2/h2*1-6,9-11,13,19,21-22,33H,7-8,12H2;1-6,9-12,18,20,26H,7-8H2;2H,1H2;3*1H4;. The third kappa shape index (κ3) is 23.6. The number of fused-ring (bicyclic) bond motifs is 3. The average molecular weight is 1860 g/mol. The molecule has 6 aromatic carbocycles. The predicted molar refractivity (Wildman–Crippen MR) is 403 cm³/mol. The van der Waals surface area contributed by atoms with Gasteiger partial charge in [-0.3, -0.25) is 0 Å². The number of benzene rings is 6. The van der Waals surface area contributed by atoms with Crippen LogP contribution in [0.1, 0.15) is 93.0 Å². The van der Waals surface area contributed by atoms with Crippen molar-refractivity contribution >= 4 is 88.3 Å². The highest BCUT2D eigenvalue weighted by atomic mass is 128. The van der Waals surface area contributed by atoms with Crippen LogP contribution in [0.5, 0.6) is 17.2 Å². The SMILES string of the molecule is C.C.C.FC(F)(F)C1CO1.FC(F)C(F)(F)Oc1cccc(C2CCc3c(cccc3-c3ccsc3)N2)c1.II.OC(CN1c2cccc(-c3ccsc3)c2CCC1c1cccc(OC(F)(F)C(F)F)c1)C(F)(F)F.OC(CN1c2cccc(-c3ccsc3)c2CCC1c1cccc(OC(F)(F)C(F)F)c1)C(F)(F)F. The van der Waals surface area contributed by atoms with E-state index in [-0.39, 0.29) is 40.7 Å². The predicted octanol–water partition coefficient (Wildman–Crippen LogP) is 25.5. The molecule has 0 aliphatic carbocycles. The maximum Gasteiger partial charge on any atom is 0.461 e. The van der Waals surface area contributed by atoms with E-state index in [1.54, 1.807) is 41.7 Å². The minimum absolute atomic E-state index is 0. The molecule has 3 N–H and O–H groups in total. The number of alkyl halides is 21. The number of nitrogens with one attached hydrogen (secondary N) is 1. The molecule has 35 heteroatoms. The number of hydrogen-bond donors (Lipinski definition) is 3. The second-order valence-corrected chi connectivity index (χ2v) is 26.6. The molecule has 0 amide bonds. The highest BCUT2D eigenvalue weighted by Gasteiger charge is 2.50. The normalized spacial score (nSPS) is 17.3. The Hall–Kier alpha value is -6.91. The monoisotopic (exact) mass is 1860 g/mol. The van der Waals surface area contributed by atoms with Crippen molar-refractivity contribution in [1.82, 2.24) is 0 Å². The molecule has 1 fully saturated rings. The van der Waals surface area contributed by atoms with Crippen LogP contribution < -0.4 is 29.3 Å². The zero-order valence-electron chi connectivity index (χ0n) is 54.7. The molecular weight excluding hydrogens is 1790 g/mol. The minimum Gasteiger partial charge on any atom is -0.428 e. The van der Waals surface area contributed by atoms with Crippen LogP contribution in [0.25, 0.3) is 33.4 Å². The number of nitrogens with zero attached hydrogens (tertiary/aromatic N) is 2. The maximum atomic E-state index is 13.4. The zero-order chi connectivity index (χ0) is 78.0. The quantitative estimate of drug-likeness (QED) is 0.0415. The Labute approximate surface area is 655 Å². The summed E-state index contributed by atoms with van der Waals surface area (Å²) in [4.78, 5) is 2.77. The average Bonchev–Trinajstić information content (AvgIpc) is 1.75. The zero-order valence-corrected chi connectivity index (χ0v) is 61.5. The molecule has 0 radical (unpaired) electrons. The number of epoxide rings is 1. The van der Waals surface area contributed by atoms with Crippen molar-refractivity contribution in [3.05, 3.63) is 211 Å². The topological polar surface area (TPSA) is 99.2 Å². The second kappa shape index (κ2) is 39.2. The van der Waals surface area contributed by atoms with Crippen molar-refractivity contribution in [2.75, 3.05) is 34.8 Å². The summed E-state index contributed by atoms with van der Waals surface area (Å²) in [6.45, 7) is -1.75. The number of halogens is 23. The van der Waals surface area contributed by atoms with E-state index in [2.05, 4.69) is 79.0 Å². The van der Waals surface area contributed by atoms with E-state index < -0.39 is 111 Å². The van der Waals surface area contributed by atoms with Crippen molar-refractivity contribution in [3.8, 4) is 50.6 Å². The second-order valence-electron chi connectivity index (χ2n) is 24.2. The summed E-state index contributed by atoms with van der Waals surface area (Å²) in [6, 6.07) is 36.6. The van der Waals surface area contributed by atoms with Gasteiger partial charge in [-0.1, -0.05) is 95.1 Å². The fourth-order valence-electron chi connectivity index (χ4n) is 12.2. The first-order valence-electron chi connectivity index (χ1n) is 31.9. The lowest BCUT2D eigenvalue weighted by atomic mass is 9.87. The van der Waals surface area contributed by atoms with Gasteiger partial charge in [0.15, 0.2) is 18.3 Å². The molecule has 6 unspecified atom stereocenters. The number of thiophene rings is 3. The maximum absolute atomic E-state index is 13.4. The molecule has 7 heterocycles. The molecule has 602 valence electrons. The Balaban J connectivity index is 0.000000241. The molecule has 0 bridgehead atoms. The van der Waals surface area contributed by atoms with Crippen molar-refractivity contribution in [2.45, 2.75) is 153 Å². The van der Waals surface area contributed by atoms with Gasteiger partial charge in [0.1, 0.15) is 17.2 Å². The van der Waals surface area contributed by atoms with Gasteiger partial charge in [-0.05, 0) is 210 Å². The number of ether oxygens (including phenoxy) is 4. The Kier molecular flexibility index (Phi) is 32.8. The molecule has 9 aromatic rings.